The van der Waals surface area contributed by atoms with E-state index < -0.39 is 0 Å². The molecule has 2 aliphatic rings. The maximum Gasteiger partial charge on any atom is 0.158 e. The summed E-state index contributed by atoms with van der Waals surface area (Å²) in [6.07, 6.45) is 10.3. The normalized spacial score (nSPS) is 38.8. The number of hydrogen-bond donors (Lipinski definition) is 0. The predicted molar refractivity (Wildman–Crippen MR) is 91.8 cm³/mol. The first-order chi connectivity index (χ1) is 10.3. The van der Waals surface area contributed by atoms with Gasteiger partial charge in [0, 0.05) is 6.42 Å². The van der Waals surface area contributed by atoms with E-state index in [0.29, 0.717) is 6.42 Å². The fraction of sp³-hybridized carbons (Fsp3) is 0.650. The van der Waals surface area contributed by atoms with E-state index in [2.05, 4.69) is 32.6 Å². The molecule has 2 rings (SSSR count). The van der Waals surface area contributed by atoms with Crippen LogP contribution in [0.1, 0.15) is 66.2 Å². The molecule has 0 bridgehead atoms. The predicted octanol–water partition coefficient (Wildman–Crippen LogP) is 5.15. The number of epoxide rings is 1. The van der Waals surface area contributed by atoms with Gasteiger partial charge in [0.25, 0.3) is 0 Å². The number of allylic oxidation sites excluding steroid dienone is 5. The Labute approximate surface area is 135 Å². The summed E-state index contributed by atoms with van der Waals surface area (Å²) in [7, 11) is 0. The molecule has 3 atom stereocenters. The van der Waals surface area contributed by atoms with Crippen molar-refractivity contribution in [3.63, 3.8) is 0 Å². The highest BCUT2D eigenvalue weighted by atomic mass is 16.6. The fourth-order valence-corrected chi connectivity index (χ4v) is 3.25. The third kappa shape index (κ3) is 4.42. The number of ketones is 1. The van der Waals surface area contributed by atoms with Crippen LogP contribution in [-0.2, 0) is 9.53 Å². The standard InChI is InChI=1S/C20H30O2/c1-14(2)17-12-18(21)16(4)10-6-8-15(3)9-7-11-20(5)19(13-17)22-20/h9-10,17,19H,1,6-8,11-13H2,2-5H3/b15-9+,16-10-/t17-,19+,20+/m0/s1. The van der Waals surface area contributed by atoms with Gasteiger partial charge in [-0.25, -0.2) is 0 Å². The number of carbonyl (C=O) groups is 1. The molecule has 1 fully saturated rings. The zero-order chi connectivity index (χ0) is 16.3. The van der Waals surface area contributed by atoms with Crippen LogP contribution in [-0.4, -0.2) is 17.5 Å². The second-order valence-electron chi connectivity index (χ2n) is 7.34. The highest BCUT2D eigenvalue weighted by Gasteiger charge is 2.51. The van der Waals surface area contributed by atoms with Crippen LogP contribution in [0, 0.1) is 5.92 Å². The van der Waals surface area contributed by atoms with Crippen molar-refractivity contribution < 1.29 is 9.53 Å². The third-order valence-corrected chi connectivity index (χ3v) is 5.23. The van der Waals surface area contributed by atoms with Gasteiger partial charge in [0.1, 0.15) is 0 Å². The smallest absolute Gasteiger partial charge is 0.158 e. The molecule has 0 aromatic carbocycles. The summed E-state index contributed by atoms with van der Waals surface area (Å²) >= 11 is 0. The van der Waals surface area contributed by atoms with Crippen molar-refractivity contribution in [1.82, 2.24) is 0 Å². The molecule has 0 saturated carbocycles. The Bertz CT molecular complexity index is 512. The first kappa shape index (κ1) is 17.2. The fourth-order valence-electron chi connectivity index (χ4n) is 3.25. The lowest BCUT2D eigenvalue weighted by Gasteiger charge is -2.17. The summed E-state index contributed by atoms with van der Waals surface area (Å²) in [6, 6.07) is 0. The van der Waals surface area contributed by atoms with Crippen LogP contribution in [0.15, 0.2) is 35.5 Å². The Balaban J connectivity index is 2.14. The lowest BCUT2D eigenvalue weighted by molar-refractivity contribution is -0.116. The van der Waals surface area contributed by atoms with Crippen LogP contribution >= 0.6 is 0 Å². The topological polar surface area (TPSA) is 29.6 Å². The number of Topliss-reactive ketones (excluding diaryl/α,β-unsaturated/α-hetero) is 1. The van der Waals surface area contributed by atoms with E-state index in [1.807, 2.05) is 13.8 Å². The Morgan fingerprint density at radius 2 is 2.05 bits per heavy atom. The molecule has 1 heterocycles. The lowest BCUT2D eigenvalue weighted by atomic mass is 9.85. The zero-order valence-electron chi connectivity index (χ0n) is 14.6. The van der Waals surface area contributed by atoms with E-state index in [0.717, 1.165) is 43.3 Å². The van der Waals surface area contributed by atoms with Gasteiger partial charge in [0.15, 0.2) is 5.78 Å². The molecular weight excluding hydrogens is 272 g/mol. The van der Waals surface area contributed by atoms with E-state index in [-0.39, 0.29) is 23.4 Å². The molecule has 0 radical (unpaired) electrons. The molecule has 1 aliphatic carbocycles. The largest absolute Gasteiger partial charge is 0.366 e. The minimum Gasteiger partial charge on any atom is -0.366 e. The highest BCUT2D eigenvalue weighted by molar-refractivity contribution is 5.95. The third-order valence-electron chi connectivity index (χ3n) is 5.23. The van der Waals surface area contributed by atoms with Crippen molar-refractivity contribution in [1.29, 1.82) is 0 Å². The second-order valence-corrected chi connectivity index (χ2v) is 7.34. The first-order valence-corrected chi connectivity index (χ1v) is 8.50. The molecule has 0 spiro atoms. The summed E-state index contributed by atoms with van der Waals surface area (Å²) < 4.78 is 5.96. The maximum absolute atomic E-state index is 12.4. The summed E-state index contributed by atoms with van der Waals surface area (Å²) in [5.41, 5.74) is 3.41. The zero-order valence-corrected chi connectivity index (χ0v) is 14.6. The van der Waals surface area contributed by atoms with Gasteiger partial charge < -0.3 is 4.74 Å². The van der Waals surface area contributed by atoms with Crippen molar-refractivity contribution in [3.8, 4) is 0 Å². The lowest BCUT2D eigenvalue weighted by Crippen LogP contribution is -2.17. The molecule has 0 unspecified atom stereocenters. The van der Waals surface area contributed by atoms with E-state index in [1.54, 1.807) is 0 Å². The van der Waals surface area contributed by atoms with Crippen LogP contribution in [0.2, 0.25) is 0 Å². The molecular formula is C20H30O2. The molecule has 1 aliphatic heterocycles. The highest BCUT2D eigenvalue weighted by Crippen LogP contribution is 2.45. The van der Waals surface area contributed by atoms with Gasteiger partial charge in [-0.1, -0.05) is 29.9 Å². The summed E-state index contributed by atoms with van der Waals surface area (Å²) in [4.78, 5) is 12.4. The molecule has 2 nitrogen and oxygen atoms in total. The van der Waals surface area contributed by atoms with Crippen LogP contribution in [0.25, 0.3) is 0 Å². The minimum atomic E-state index is 0.00251. The Hall–Kier alpha value is -1.15. The summed E-state index contributed by atoms with van der Waals surface area (Å²) in [6.45, 7) is 12.5. The number of hydrogen-bond acceptors (Lipinski definition) is 2. The molecule has 0 aromatic rings. The molecule has 0 aromatic heterocycles. The van der Waals surface area contributed by atoms with Crippen LogP contribution in [0.4, 0.5) is 0 Å². The average molecular weight is 302 g/mol. The number of carbonyl (C=O) groups excluding carboxylic acids is 1. The van der Waals surface area contributed by atoms with Gasteiger partial charge in [0.05, 0.1) is 11.7 Å². The van der Waals surface area contributed by atoms with Crippen molar-refractivity contribution in [3.05, 3.63) is 35.5 Å². The molecule has 22 heavy (non-hydrogen) atoms. The SMILES string of the molecule is C=C(C)[C@H]1CC(=O)/C(C)=C\CC/C(C)=C/CC[C@@]2(C)O[C@@H]2C1. The van der Waals surface area contributed by atoms with Gasteiger partial charge in [-0.15, -0.1) is 0 Å². The maximum atomic E-state index is 12.4. The number of ether oxygens (including phenoxy) is 1. The van der Waals surface area contributed by atoms with Crippen LogP contribution in [0.3, 0.4) is 0 Å². The van der Waals surface area contributed by atoms with E-state index >= 15 is 0 Å². The second kappa shape index (κ2) is 6.95. The minimum absolute atomic E-state index is 0.00251. The molecule has 2 heteroatoms. The van der Waals surface area contributed by atoms with Gasteiger partial charge in [0.2, 0.25) is 0 Å². The Morgan fingerprint density at radius 3 is 2.73 bits per heavy atom. The summed E-state index contributed by atoms with van der Waals surface area (Å²) in [5, 5.41) is 0. The van der Waals surface area contributed by atoms with Gasteiger partial charge in [-0.3, -0.25) is 4.79 Å². The monoisotopic (exact) mass is 302 g/mol. The molecule has 1 saturated heterocycles. The van der Waals surface area contributed by atoms with Crippen molar-refractivity contribution in [2.24, 2.45) is 5.92 Å². The quantitative estimate of drug-likeness (QED) is 0.495. The average Bonchev–Trinajstić information content (AvgIpc) is 3.07. The number of fused-ring (bicyclic) bond motifs is 1. The van der Waals surface area contributed by atoms with Crippen molar-refractivity contribution in [2.45, 2.75) is 77.9 Å². The van der Waals surface area contributed by atoms with Gasteiger partial charge in [-0.2, -0.15) is 0 Å². The van der Waals surface area contributed by atoms with Crippen LogP contribution in [0.5, 0.6) is 0 Å². The summed E-state index contributed by atoms with van der Waals surface area (Å²) in [5.74, 6) is 0.497. The van der Waals surface area contributed by atoms with Crippen molar-refractivity contribution in [2.75, 3.05) is 0 Å². The first-order valence-electron chi connectivity index (χ1n) is 8.50. The molecule has 0 N–H and O–H groups in total. The van der Waals surface area contributed by atoms with Gasteiger partial charge >= 0.3 is 0 Å². The Morgan fingerprint density at radius 1 is 1.32 bits per heavy atom. The van der Waals surface area contributed by atoms with Crippen LogP contribution < -0.4 is 0 Å². The molecule has 122 valence electrons. The van der Waals surface area contributed by atoms with E-state index in [9.17, 15) is 4.79 Å². The van der Waals surface area contributed by atoms with Gasteiger partial charge in [-0.05, 0) is 71.3 Å². The molecule has 0 amide bonds. The number of rotatable bonds is 1. The Kier molecular flexibility index (Phi) is 5.44. The van der Waals surface area contributed by atoms with E-state index in [4.69, 9.17) is 4.74 Å². The van der Waals surface area contributed by atoms with E-state index in [1.165, 1.54) is 5.57 Å². The van der Waals surface area contributed by atoms with Crippen molar-refractivity contribution >= 4 is 5.78 Å².